The zero-order valence-electron chi connectivity index (χ0n) is 15.8. The van der Waals surface area contributed by atoms with Crippen LogP contribution in [0.3, 0.4) is 0 Å². The van der Waals surface area contributed by atoms with E-state index in [2.05, 4.69) is 10.3 Å². The second kappa shape index (κ2) is 8.81. The van der Waals surface area contributed by atoms with Crippen molar-refractivity contribution in [2.75, 3.05) is 23.9 Å². The number of nitrogens with zero attached hydrogens (tertiary/aromatic N) is 2. The van der Waals surface area contributed by atoms with E-state index in [9.17, 15) is 9.59 Å². The Morgan fingerprint density at radius 2 is 1.71 bits per heavy atom. The summed E-state index contributed by atoms with van der Waals surface area (Å²) in [4.78, 5) is 30.5. The quantitative estimate of drug-likeness (QED) is 0.651. The highest BCUT2D eigenvalue weighted by Gasteiger charge is 2.16. The van der Waals surface area contributed by atoms with E-state index in [1.807, 2.05) is 43.3 Å². The Balaban J connectivity index is 1.82. The van der Waals surface area contributed by atoms with Gasteiger partial charge in [0.15, 0.2) is 0 Å². The first-order valence-corrected chi connectivity index (χ1v) is 8.89. The lowest BCUT2D eigenvalue weighted by molar-refractivity contribution is 0.0600. The summed E-state index contributed by atoms with van der Waals surface area (Å²) in [5.41, 5.74) is 3.09. The van der Waals surface area contributed by atoms with E-state index < -0.39 is 5.97 Å². The Morgan fingerprint density at radius 1 is 0.964 bits per heavy atom. The van der Waals surface area contributed by atoms with Crippen molar-refractivity contribution in [1.82, 2.24) is 4.98 Å². The lowest BCUT2D eigenvalue weighted by Crippen LogP contribution is -2.30. The summed E-state index contributed by atoms with van der Waals surface area (Å²) in [5.74, 6) is -0.541. The van der Waals surface area contributed by atoms with E-state index in [-0.39, 0.29) is 5.91 Å². The smallest absolute Gasteiger partial charge is 0.337 e. The molecule has 1 heterocycles. The minimum absolute atomic E-state index is 0.131. The fourth-order valence-electron chi connectivity index (χ4n) is 2.84. The molecule has 28 heavy (non-hydrogen) atoms. The van der Waals surface area contributed by atoms with Crippen LogP contribution in [-0.2, 0) is 4.74 Å². The predicted molar refractivity (Wildman–Crippen MR) is 109 cm³/mol. The summed E-state index contributed by atoms with van der Waals surface area (Å²) in [6, 6.07) is 18.2. The van der Waals surface area contributed by atoms with E-state index in [1.165, 1.54) is 7.11 Å². The molecule has 6 heteroatoms. The van der Waals surface area contributed by atoms with E-state index >= 15 is 0 Å². The number of rotatable bonds is 6. The van der Waals surface area contributed by atoms with Gasteiger partial charge in [-0.2, -0.15) is 0 Å². The van der Waals surface area contributed by atoms with Crippen molar-refractivity contribution in [2.45, 2.75) is 6.92 Å². The first-order valence-electron chi connectivity index (χ1n) is 8.89. The molecule has 0 atom stereocenters. The van der Waals surface area contributed by atoms with Crippen LogP contribution in [-0.4, -0.2) is 30.5 Å². The minimum Gasteiger partial charge on any atom is -0.465 e. The molecule has 0 saturated carbocycles. The molecule has 1 amide bonds. The van der Waals surface area contributed by atoms with Crippen LogP contribution in [0.1, 0.15) is 27.6 Å². The Bertz CT molecular complexity index is 974. The molecule has 0 spiro atoms. The summed E-state index contributed by atoms with van der Waals surface area (Å²) in [6.07, 6.45) is 3.17. The second-order valence-electron chi connectivity index (χ2n) is 6.04. The summed E-state index contributed by atoms with van der Waals surface area (Å²) >= 11 is 0. The molecule has 0 bridgehead atoms. The van der Waals surface area contributed by atoms with Gasteiger partial charge in [-0.05, 0) is 43.3 Å². The highest BCUT2D eigenvalue weighted by atomic mass is 16.5. The number of para-hydroxylation sites is 1. The highest BCUT2D eigenvalue weighted by Crippen LogP contribution is 2.21. The van der Waals surface area contributed by atoms with Crippen molar-refractivity contribution in [3.8, 4) is 0 Å². The van der Waals surface area contributed by atoms with Crippen molar-refractivity contribution in [3.05, 3.63) is 84.2 Å². The van der Waals surface area contributed by atoms with Crippen LogP contribution in [0.15, 0.2) is 73.1 Å². The van der Waals surface area contributed by atoms with Gasteiger partial charge >= 0.3 is 5.97 Å². The van der Waals surface area contributed by atoms with Crippen molar-refractivity contribution < 1.29 is 14.3 Å². The Kier molecular flexibility index (Phi) is 6.01. The largest absolute Gasteiger partial charge is 0.465 e. The van der Waals surface area contributed by atoms with E-state index in [0.717, 1.165) is 5.69 Å². The fraction of sp³-hybridized carbons (Fsp3) is 0.136. The minimum atomic E-state index is -0.410. The molecule has 0 aliphatic heterocycles. The number of ether oxygens (including phenoxy) is 1. The third-order valence-corrected chi connectivity index (χ3v) is 4.19. The maximum Gasteiger partial charge on any atom is 0.337 e. The van der Waals surface area contributed by atoms with Gasteiger partial charge in [0, 0.05) is 24.1 Å². The number of carbonyl (C=O) groups excluding carboxylic acids is 2. The lowest BCUT2D eigenvalue weighted by Gasteiger charge is -2.21. The monoisotopic (exact) mass is 375 g/mol. The molecule has 0 saturated heterocycles. The van der Waals surface area contributed by atoms with Gasteiger partial charge in [0.1, 0.15) is 0 Å². The van der Waals surface area contributed by atoms with E-state index in [1.54, 1.807) is 41.6 Å². The van der Waals surface area contributed by atoms with Crippen LogP contribution in [0.5, 0.6) is 0 Å². The predicted octanol–water partition coefficient (Wildman–Crippen LogP) is 4.28. The normalized spacial score (nSPS) is 10.2. The average molecular weight is 375 g/mol. The molecule has 0 aliphatic rings. The summed E-state index contributed by atoms with van der Waals surface area (Å²) in [6.45, 7) is 2.47. The number of nitrogens with one attached hydrogen (secondary N) is 1. The number of benzene rings is 2. The first-order chi connectivity index (χ1) is 13.6. The van der Waals surface area contributed by atoms with Gasteiger partial charge in [-0.25, -0.2) is 4.79 Å². The van der Waals surface area contributed by atoms with Crippen molar-refractivity contribution in [3.63, 3.8) is 0 Å². The Hall–Kier alpha value is -3.67. The number of amides is 1. The molecular weight excluding hydrogens is 354 g/mol. The standard InChI is InChI=1S/C22H21N3O3/c1-3-25(20-10-5-4-6-11-20)21(26)17-13-19(15-23-14-17)24-18-9-7-8-16(12-18)22(27)28-2/h4-15,24H,3H2,1-2H3. The zero-order valence-corrected chi connectivity index (χ0v) is 15.8. The summed E-state index contributed by atoms with van der Waals surface area (Å²) in [7, 11) is 1.34. The molecule has 0 aliphatic carbocycles. The maximum atomic E-state index is 13.0. The van der Waals surface area contributed by atoms with Crippen LogP contribution in [0.4, 0.5) is 17.1 Å². The maximum absolute atomic E-state index is 13.0. The number of pyridine rings is 1. The highest BCUT2D eigenvalue weighted by molar-refractivity contribution is 6.06. The third-order valence-electron chi connectivity index (χ3n) is 4.19. The molecule has 6 nitrogen and oxygen atoms in total. The lowest BCUT2D eigenvalue weighted by atomic mass is 10.2. The average Bonchev–Trinajstić information content (AvgIpc) is 2.75. The van der Waals surface area contributed by atoms with Crippen molar-refractivity contribution >= 4 is 28.9 Å². The Labute approximate surface area is 163 Å². The topological polar surface area (TPSA) is 71.5 Å². The van der Waals surface area contributed by atoms with Gasteiger partial charge in [0.25, 0.3) is 5.91 Å². The number of methoxy groups -OCH3 is 1. The molecule has 142 valence electrons. The van der Waals surface area contributed by atoms with Gasteiger partial charge < -0.3 is 15.0 Å². The number of hydrogen-bond acceptors (Lipinski definition) is 5. The first kappa shape index (κ1) is 19.1. The number of hydrogen-bond donors (Lipinski definition) is 1. The zero-order chi connectivity index (χ0) is 19.9. The van der Waals surface area contributed by atoms with Gasteiger partial charge in [0.2, 0.25) is 0 Å². The Morgan fingerprint density at radius 3 is 2.43 bits per heavy atom. The van der Waals surface area contributed by atoms with E-state index in [4.69, 9.17) is 4.74 Å². The number of aromatic nitrogens is 1. The molecule has 1 N–H and O–H groups in total. The van der Waals surface area contributed by atoms with Crippen LogP contribution < -0.4 is 10.2 Å². The fourth-order valence-corrected chi connectivity index (χ4v) is 2.84. The van der Waals surface area contributed by atoms with Crippen molar-refractivity contribution in [1.29, 1.82) is 0 Å². The molecule has 3 aromatic rings. The van der Waals surface area contributed by atoms with Crippen molar-refractivity contribution in [2.24, 2.45) is 0 Å². The van der Waals surface area contributed by atoms with Crippen LogP contribution in [0.2, 0.25) is 0 Å². The number of carbonyl (C=O) groups is 2. The van der Waals surface area contributed by atoms with Gasteiger partial charge in [0.05, 0.1) is 30.1 Å². The van der Waals surface area contributed by atoms with Gasteiger partial charge in [-0.3, -0.25) is 9.78 Å². The number of anilines is 3. The molecule has 1 aromatic heterocycles. The van der Waals surface area contributed by atoms with Gasteiger partial charge in [-0.1, -0.05) is 24.3 Å². The van der Waals surface area contributed by atoms with E-state index in [0.29, 0.717) is 29.0 Å². The molecule has 0 radical (unpaired) electrons. The molecular formula is C22H21N3O3. The SMILES string of the molecule is CCN(C(=O)c1cncc(Nc2cccc(C(=O)OC)c2)c1)c1ccccc1. The van der Waals surface area contributed by atoms with Crippen LogP contribution in [0.25, 0.3) is 0 Å². The summed E-state index contributed by atoms with van der Waals surface area (Å²) in [5, 5.41) is 3.17. The second-order valence-corrected chi connectivity index (χ2v) is 6.04. The third kappa shape index (κ3) is 4.35. The summed E-state index contributed by atoms with van der Waals surface area (Å²) < 4.78 is 4.74. The molecule has 2 aromatic carbocycles. The molecule has 3 rings (SSSR count). The molecule has 0 fully saturated rings. The van der Waals surface area contributed by atoms with Crippen LogP contribution in [0, 0.1) is 0 Å². The van der Waals surface area contributed by atoms with Crippen LogP contribution >= 0.6 is 0 Å². The number of esters is 1. The van der Waals surface area contributed by atoms with Gasteiger partial charge in [-0.15, -0.1) is 0 Å². The molecule has 0 unspecified atom stereocenters.